The van der Waals surface area contributed by atoms with Crippen LogP contribution in [0.15, 0.2) is 29.2 Å². The Hall–Kier alpha value is -3.28. The Bertz CT molecular complexity index is 1130. The van der Waals surface area contributed by atoms with E-state index in [-0.39, 0.29) is 42.0 Å². The van der Waals surface area contributed by atoms with Crippen molar-refractivity contribution in [1.29, 1.82) is 0 Å². The van der Waals surface area contributed by atoms with Crippen molar-refractivity contribution in [3.8, 4) is 0 Å². The van der Waals surface area contributed by atoms with Crippen LogP contribution in [0.1, 0.15) is 73.6 Å². The number of carbonyl (C=O) groups is 5. The standard InChI is InChI=1S/C30H48N6O5S/c1-29(2,3)17-23(37)32-14-9-12-22(26(31)39)34-27(40)25-21(13-15-36(25)24(38)18-30(4,5)6)35-28(41)33-19-10-8-11-20(16-19)42-7/h8,10-11,16,21-22,25H,9,12-15,17-18H2,1-7H3,(H2,31,39)(H,32,37)(H,34,40)(H2,33,35,41)/t21-,22-,25-/m0/s1. The first kappa shape index (κ1) is 34.9. The van der Waals surface area contributed by atoms with Crippen LogP contribution >= 0.6 is 11.8 Å². The van der Waals surface area contributed by atoms with Crippen LogP contribution in [0.2, 0.25) is 0 Å². The second kappa shape index (κ2) is 15.3. The molecule has 0 bridgehead atoms. The summed E-state index contributed by atoms with van der Waals surface area (Å²) in [5, 5.41) is 11.2. The van der Waals surface area contributed by atoms with Crippen molar-refractivity contribution in [2.45, 2.75) is 96.7 Å². The van der Waals surface area contributed by atoms with Crippen molar-refractivity contribution in [3.63, 3.8) is 0 Å². The van der Waals surface area contributed by atoms with Crippen LogP contribution in [0.5, 0.6) is 0 Å². The number of hydrogen-bond acceptors (Lipinski definition) is 6. The van der Waals surface area contributed by atoms with Crippen LogP contribution in [0.4, 0.5) is 10.5 Å². The van der Waals surface area contributed by atoms with E-state index in [9.17, 15) is 24.0 Å². The van der Waals surface area contributed by atoms with E-state index >= 15 is 0 Å². The molecule has 0 spiro atoms. The summed E-state index contributed by atoms with van der Waals surface area (Å²) in [6, 6.07) is 4.17. The average Bonchev–Trinajstić information content (AvgIpc) is 3.27. The van der Waals surface area contributed by atoms with Gasteiger partial charge in [0.05, 0.1) is 6.04 Å². The normalized spacial score (nSPS) is 17.7. The molecular formula is C30H48N6O5S. The van der Waals surface area contributed by atoms with E-state index in [0.29, 0.717) is 31.5 Å². The van der Waals surface area contributed by atoms with E-state index in [1.807, 2.05) is 66.0 Å². The van der Waals surface area contributed by atoms with Crippen LogP contribution in [-0.4, -0.2) is 72.0 Å². The summed E-state index contributed by atoms with van der Waals surface area (Å²) in [5.74, 6) is -1.58. The molecule has 1 aromatic carbocycles. The maximum absolute atomic E-state index is 13.6. The molecule has 1 aliphatic heterocycles. The molecule has 12 heteroatoms. The Kier molecular flexibility index (Phi) is 12.7. The molecule has 1 aromatic rings. The van der Waals surface area contributed by atoms with E-state index in [2.05, 4.69) is 21.3 Å². The van der Waals surface area contributed by atoms with Crippen LogP contribution < -0.4 is 27.0 Å². The van der Waals surface area contributed by atoms with Gasteiger partial charge in [-0.15, -0.1) is 11.8 Å². The van der Waals surface area contributed by atoms with E-state index in [1.54, 1.807) is 17.8 Å². The van der Waals surface area contributed by atoms with Gasteiger partial charge in [0, 0.05) is 36.5 Å². The summed E-state index contributed by atoms with van der Waals surface area (Å²) in [7, 11) is 0. The van der Waals surface area contributed by atoms with Crippen LogP contribution in [0, 0.1) is 10.8 Å². The van der Waals surface area contributed by atoms with Gasteiger partial charge in [-0.25, -0.2) is 4.79 Å². The molecule has 6 amide bonds. The molecule has 0 saturated carbocycles. The van der Waals surface area contributed by atoms with Crippen molar-refractivity contribution in [2.24, 2.45) is 16.6 Å². The molecule has 0 aliphatic carbocycles. The minimum Gasteiger partial charge on any atom is -0.368 e. The number of primary amides is 1. The molecule has 234 valence electrons. The molecule has 11 nitrogen and oxygen atoms in total. The highest BCUT2D eigenvalue weighted by Crippen LogP contribution is 2.26. The van der Waals surface area contributed by atoms with Crippen molar-refractivity contribution in [1.82, 2.24) is 20.9 Å². The Balaban J connectivity index is 2.12. The molecule has 1 saturated heterocycles. The summed E-state index contributed by atoms with van der Waals surface area (Å²) in [4.78, 5) is 66.6. The van der Waals surface area contributed by atoms with Gasteiger partial charge in [-0.2, -0.15) is 0 Å². The predicted octanol–water partition coefficient (Wildman–Crippen LogP) is 3.24. The minimum absolute atomic E-state index is 0.0894. The van der Waals surface area contributed by atoms with Gasteiger partial charge in [0.15, 0.2) is 0 Å². The predicted molar refractivity (Wildman–Crippen MR) is 166 cm³/mol. The third kappa shape index (κ3) is 11.9. The smallest absolute Gasteiger partial charge is 0.319 e. The summed E-state index contributed by atoms with van der Waals surface area (Å²) in [6.07, 6.45) is 3.52. The quantitative estimate of drug-likeness (QED) is 0.182. The van der Waals surface area contributed by atoms with E-state index < -0.39 is 36.0 Å². The van der Waals surface area contributed by atoms with E-state index in [1.165, 1.54) is 4.90 Å². The van der Waals surface area contributed by atoms with Gasteiger partial charge in [-0.05, 0) is 54.5 Å². The lowest BCUT2D eigenvalue weighted by Gasteiger charge is -2.31. The molecule has 1 fully saturated rings. The van der Waals surface area contributed by atoms with Gasteiger partial charge in [0.1, 0.15) is 12.1 Å². The molecule has 0 unspecified atom stereocenters. The summed E-state index contributed by atoms with van der Waals surface area (Å²) < 4.78 is 0. The zero-order chi connectivity index (χ0) is 31.7. The number of anilines is 1. The number of urea groups is 1. The monoisotopic (exact) mass is 604 g/mol. The summed E-state index contributed by atoms with van der Waals surface area (Å²) in [6.45, 7) is 12.3. The van der Waals surface area contributed by atoms with Crippen LogP contribution in [-0.2, 0) is 19.2 Å². The maximum Gasteiger partial charge on any atom is 0.319 e. The number of carbonyl (C=O) groups excluding carboxylic acids is 5. The highest BCUT2D eigenvalue weighted by Gasteiger charge is 2.44. The van der Waals surface area contributed by atoms with Gasteiger partial charge in [0.25, 0.3) is 0 Å². The fraction of sp³-hybridized carbons (Fsp3) is 0.633. The first-order chi connectivity index (χ1) is 19.5. The number of rotatable bonds is 12. The Morgan fingerprint density at radius 3 is 2.31 bits per heavy atom. The fourth-order valence-corrected chi connectivity index (χ4v) is 5.22. The Morgan fingerprint density at radius 2 is 1.71 bits per heavy atom. The third-order valence-corrected chi connectivity index (χ3v) is 7.38. The first-order valence-electron chi connectivity index (χ1n) is 14.4. The zero-order valence-electron chi connectivity index (χ0n) is 26.0. The van der Waals surface area contributed by atoms with Crippen LogP contribution in [0.25, 0.3) is 0 Å². The number of thioether (sulfide) groups is 1. The summed E-state index contributed by atoms with van der Waals surface area (Å²) >= 11 is 1.55. The highest BCUT2D eigenvalue weighted by molar-refractivity contribution is 7.98. The van der Waals surface area contributed by atoms with E-state index in [0.717, 1.165) is 4.90 Å². The van der Waals surface area contributed by atoms with Gasteiger partial charge < -0.3 is 31.9 Å². The topological polar surface area (TPSA) is 163 Å². The van der Waals surface area contributed by atoms with Crippen molar-refractivity contribution < 1.29 is 24.0 Å². The number of hydrogen-bond donors (Lipinski definition) is 5. The molecule has 0 radical (unpaired) electrons. The highest BCUT2D eigenvalue weighted by atomic mass is 32.2. The first-order valence-corrected chi connectivity index (χ1v) is 15.6. The Labute approximate surface area is 253 Å². The van der Waals surface area contributed by atoms with Crippen molar-refractivity contribution in [3.05, 3.63) is 24.3 Å². The lowest BCUT2D eigenvalue weighted by molar-refractivity contribution is -0.141. The lowest BCUT2D eigenvalue weighted by atomic mass is 9.91. The molecule has 3 atom stereocenters. The molecule has 0 aromatic heterocycles. The minimum atomic E-state index is -1.02. The Morgan fingerprint density at radius 1 is 1.05 bits per heavy atom. The molecular weight excluding hydrogens is 556 g/mol. The van der Waals surface area contributed by atoms with E-state index in [4.69, 9.17) is 5.73 Å². The van der Waals surface area contributed by atoms with Gasteiger partial charge in [-0.3, -0.25) is 19.2 Å². The lowest BCUT2D eigenvalue weighted by Crippen LogP contribution is -2.58. The SMILES string of the molecule is CSc1cccc(NC(=O)N[C@H]2CCN(C(=O)CC(C)(C)C)[C@@H]2C(=O)N[C@@H](CCCNC(=O)CC(C)(C)C)C(N)=O)c1. The molecule has 1 aliphatic rings. The third-order valence-electron chi connectivity index (χ3n) is 6.66. The second-order valence-electron chi connectivity index (χ2n) is 13.2. The number of nitrogens with one attached hydrogen (secondary N) is 4. The number of amides is 6. The maximum atomic E-state index is 13.6. The van der Waals surface area contributed by atoms with Gasteiger partial charge >= 0.3 is 6.03 Å². The van der Waals surface area contributed by atoms with Gasteiger partial charge in [-0.1, -0.05) is 47.6 Å². The largest absolute Gasteiger partial charge is 0.368 e. The fourth-order valence-electron chi connectivity index (χ4n) is 4.76. The van der Waals surface area contributed by atoms with Crippen molar-refractivity contribution in [2.75, 3.05) is 24.7 Å². The second-order valence-corrected chi connectivity index (χ2v) is 14.1. The zero-order valence-corrected chi connectivity index (χ0v) is 26.8. The summed E-state index contributed by atoms with van der Waals surface area (Å²) in [5.41, 5.74) is 5.75. The molecule has 42 heavy (non-hydrogen) atoms. The molecule has 6 N–H and O–H groups in total. The van der Waals surface area contributed by atoms with Crippen molar-refractivity contribution >= 4 is 47.1 Å². The molecule has 1 heterocycles. The van der Waals surface area contributed by atoms with Crippen LogP contribution in [0.3, 0.4) is 0 Å². The number of nitrogens with two attached hydrogens (primary N) is 1. The molecule has 2 rings (SSSR count). The van der Waals surface area contributed by atoms with Gasteiger partial charge in [0.2, 0.25) is 23.6 Å². The number of benzene rings is 1. The number of nitrogens with zero attached hydrogens (tertiary/aromatic N) is 1. The average molecular weight is 605 g/mol. The number of likely N-dealkylation sites (tertiary alicyclic amines) is 1.